The number of hydrogen-bond acceptors (Lipinski definition) is 3. The van der Waals surface area contributed by atoms with Gasteiger partial charge in [0, 0.05) is 25.2 Å². The molecule has 1 heterocycles. The van der Waals surface area contributed by atoms with Crippen molar-refractivity contribution in [3.05, 3.63) is 29.8 Å². The van der Waals surface area contributed by atoms with Crippen molar-refractivity contribution in [2.45, 2.75) is 30.7 Å². The average Bonchev–Trinajstić information content (AvgIpc) is 2.37. The van der Waals surface area contributed by atoms with Crippen LogP contribution in [-0.4, -0.2) is 31.9 Å². The van der Waals surface area contributed by atoms with Gasteiger partial charge in [0.15, 0.2) is 0 Å². The van der Waals surface area contributed by atoms with Gasteiger partial charge in [0.1, 0.15) is 11.6 Å². The molecule has 1 aliphatic rings. The van der Waals surface area contributed by atoms with Gasteiger partial charge in [-0.15, -0.1) is 12.4 Å². The Morgan fingerprint density at radius 3 is 2.38 bits per heavy atom. The molecule has 0 aliphatic carbocycles. The van der Waals surface area contributed by atoms with Gasteiger partial charge in [0.25, 0.3) is 0 Å². The summed E-state index contributed by atoms with van der Waals surface area (Å²) in [6, 6.07) is 2.22. The van der Waals surface area contributed by atoms with Gasteiger partial charge in [0.2, 0.25) is 10.0 Å². The summed E-state index contributed by atoms with van der Waals surface area (Å²) < 4.78 is 52.5. The van der Waals surface area contributed by atoms with Crippen LogP contribution in [0.25, 0.3) is 0 Å². The second kappa shape index (κ2) is 7.00. The minimum atomic E-state index is -3.88. The fraction of sp³-hybridized carbons (Fsp3) is 0.538. The SMILES string of the molecule is CC(N)C1CCCN(S(=O)(=O)c2cc(F)cc(F)c2)C1.Cl. The summed E-state index contributed by atoms with van der Waals surface area (Å²) in [5, 5.41) is 0. The predicted octanol–water partition coefficient (Wildman–Crippen LogP) is 2.13. The summed E-state index contributed by atoms with van der Waals surface area (Å²) in [4.78, 5) is -0.347. The highest BCUT2D eigenvalue weighted by Gasteiger charge is 2.32. The molecule has 1 aliphatic heterocycles. The van der Waals surface area contributed by atoms with Crippen molar-refractivity contribution < 1.29 is 17.2 Å². The van der Waals surface area contributed by atoms with Crippen LogP contribution in [0.15, 0.2) is 23.1 Å². The van der Waals surface area contributed by atoms with E-state index >= 15 is 0 Å². The van der Waals surface area contributed by atoms with Gasteiger partial charge in [-0.3, -0.25) is 0 Å². The van der Waals surface area contributed by atoms with Crippen LogP contribution < -0.4 is 5.73 Å². The molecule has 2 rings (SSSR count). The molecule has 4 nitrogen and oxygen atoms in total. The molecule has 0 aromatic heterocycles. The lowest BCUT2D eigenvalue weighted by Crippen LogP contribution is -2.44. The van der Waals surface area contributed by atoms with Crippen LogP contribution >= 0.6 is 12.4 Å². The molecule has 1 saturated heterocycles. The number of nitrogens with zero attached hydrogens (tertiary/aromatic N) is 1. The van der Waals surface area contributed by atoms with Gasteiger partial charge in [-0.1, -0.05) is 0 Å². The number of halogens is 3. The van der Waals surface area contributed by atoms with Crippen LogP contribution in [0.3, 0.4) is 0 Å². The minimum absolute atomic E-state index is 0. The summed E-state index contributed by atoms with van der Waals surface area (Å²) in [5.74, 6) is -1.73. The molecule has 21 heavy (non-hydrogen) atoms. The monoisotopic (exact) mass is 340 g/mol. The van der Waals surface area contributed by atoms with E-state index in [1.807, 2.05) is 6.92 Å². The van der Waals surface area contributed by atoms with Crippen molar-refractivity contribution in [1.82, 2.24) is 4.31 Å². The Balaban J connectivity index is 0.00000220. The fourth-order valence-corrected chi connectivity index (χ4v) is 4.03. The molecule has 8 heteroatoms. The number of piperidine rings is 1. The maximum absolute atomic E-state index is 13.2. The maximum atomic E-state index is 13.2. The molecule has 1 fully saturated rings. The normalized spacial score (nSPS) is 21.6. The highest BCUT2D eigenvalue weighted by atomic mass is 35.5. The molecule has 0 saturated carbocycles. The first kappa shape index (κ1) is 18.3. The lowest BCUT2D eigenvalue weighted by molar-refractivity contribution is 0.243. The van der Waals surface area contributed by atoms with Crippen LogP contribution in [0.4, 0.5) is 8.78 Å². The number of hydrogen-bond donors (Lipinski definition) is 1. The van der Waals surface area contributed by atoms with E-state index in [1.165, 1.54) is 4.31 Å². The smallest absolute Gasteiger partial charge is 0.243 e. The molecule has 120 valence electrons. The largest absolute Gasteiger partial charge is 0.328 e. The standard InChI is InChI=1S/C13H18F2N2O2S.ClH/c1-9(16)10-3-2-4-17(8-10)20(18,19)13-6-11(14)5-12(15)7-13;/h5-7,9-10H,2-4,8,16H2,1H3;1H. The van der Waals surface area contributed by atoms with E-state index in [0.717, 1.165) is 18.6 Å². The lowest BCUT2D eigenvalue weighted by atomic mass is 9.93. The first-order chi connectivity index (χ1) is 9.30. The molecule has 2 atom stereocenters. The van der Waals surface area contributed by atoms with Crippen LogP contribution in [0.5, 0.6) is 0 Å². The zero-order valence-electron chi connectivity index (χ0n) is 11.6. The van der Waals surface area contributed by atoms with Crippen molar-refractivity contribution in [3.8, 4) is 0 Å². The number of rotatable bonds is 3. The maximum Gasteiger partial charge on any atom is 0.243 e. The molecule has 2 N–H and O–H groups in total. The number of benzene rings is 1. The van der Waals surface area contributed by atoms with E-state index < -0.39 is 21.7 Å². The molecular weight excluding hydrogens is 322 g/mol. The number of sulfonamides is 1. The van der Waals surface area contributed by atoms with Crippen LogP contribution in [0.1, 0.15) is 19.8 Å². The van der Waals surface area contributed by atoms with Gasteiger partial charge in [-0.25, -0.2) is 17.2 Å². The number of nitrogens with two attached hydrogens (primary N) is 1. The van der Waals surface area contributed by atoms with E-state index in [1.54, 1.807) is 0 Å². The molecule has 0 spiro atoms. The first-order valence-electron chi connectivity index (χ1n) is 6.52. The van der Waals surface area contributed by atoms with Gasteiger partial charge in [0.05, 0.1) is 4.90 Å². The molecule has 0 amide bonds. The van der Waals surface area contributed by atoms with Crippen molar-refractivity contribution in [1.29, 1.82) is 0 Å². The first-order valence-corrected chi connectivity index (χ1v) is 7.96. The Morgan fingerprint density at radius 1 is 1.29 bits per heavy atom. The van der Waals surface area contributed by atoms with Crippen LogP contribution in [0, 0.1) is 17.6 Å². The van der Waals surface area contributed by atoms with Gasteiger partial charge in [-0.2, -0.15) is 4.31 Å². The molecule has 0 radical (unpaired) electrons. The average molecular weight is 341 g/mol. The highest BCUT2D eigenvalue weighted by Crippen LogP contribution is 2.25. The van der Waals surface area contributed by atoms with Crippen molar-refractivity contribution in [3.63, 3.8) is 0 Å². The zero-order chi connectivity index (χ0) is 14.9. The second-order valence-corrected chi connectivity index (χ2v) is 7.17. The van der Waals surface area contributed by atoms with E-state index in [-0.39, 0.29) is 35.8 Å². The third-order valence-corrected chi connectivity index (χ3v) is 5.48. The van der Waals surface area contributed by atoms with E-state index in [0.29, 0.717) is 19.0 Å². The van der Waals surface area contributed by atoms with Gasteiger partial charge in [-0.05, 0) is 37.8 Å². The van der Waals surface area contributed by atoms with Crippen molar-refractivity contribution in [2.75, 3.05) is 13.1 Å². The second-order valence-electron chi connectivity index (χ2n) is 5.23. The predicted molar refractivity (Wildman–Crippen MR) is 78.7 cm³/mol. The molecule has 0 bridgehead atoms. The third kappa shape index (κ3) is 4.12. The Bertz CT molecular complexity index is 576. The molecular formula is C13H19ClF2N2O2S. The lowest BCUT2D eigenvalue weighted by Gasteiger charge is -2.33. The van der Waals surface area contributed by atoms with Gasteiger partial charge >= 0.3 is 0 Å². The Hall–Kier alpha value is -0.760. The quantitative estimate of drug-likeness (QED) is 0.916. The summed E-state index contributed by atoms with van der Waals surface area (Å²) in [5.41, 5.74) is 5.82. The summed E-state index contributed by atoms with van der Waals surface area (Å²) in [7, 11) is -3.88. The molecule has 1 aromatic rings. The van der Waals surface area contributed by atoms with Crippen molar-refractivity contribution >= 4 is 22.4 Å². The van der Waals surface area contributed by atoms with Crippen LogP contribution in [-0.2, 0) is 10.0 Å². The van der Waals surface area contributed by atoms with E-state index in [2.05, 4.69) is 0 Å². The fourth-order valence-electron chi connectivity index (χ4n) is 2.45. The Morgan fingerprint density at radius 2 is 1.86 bits per heavy atom. The summed E-state index contributed by atoms with van der Waals surface area (Å²) >= 11 is 0. The minimum Gasteiger partial charge on any atom is -0.328 e. The van der Waals surface area contributed by atoms with E-state index in [4.69, 9.17) is 5.73 Å². The molecule has 1 aromatic carbocycles. The third-order valence-electron chi connectivity index (χ3n) is 3.64. The molecule has 2 unspecified atom stereocenters. The Kier molecular flexibility index (Phi) is 6.10. The van der Waals surface area contributed by atoms with Crippen LogP contribution in [0.2, 0.25) is 0 Å². The Labute approximate surface area is 129 Å². The summed E-state index contributed by atoms with van der Waals surface area (Å²) in [6.45, 7) is 2.48. The van der Waals surface area contributed by atoms with Crippen molar-refractivity contribution in [2.24, 2.45) is 11.7 Å². The van der Waals surface area contributed by atoms with Gasteiger partial charge < -0.3 is 5.73 Å². The summed E-state index contributed by atoms with van der Waals surface area (Å²) in [6.07, 6.45) is 1.56. The highest BCUT2D eigenvalue weighted by molar-refractivity contribution is 7.89. The zero-order valence-corrected chi connectivity index (χ0v) is 13.3. The van der Waals surface area contributed by atoms with E-state index in [9.17, 15) is 17.2 Å². The topological polar surface area (TPSA) is 63.4 Å².